The topological polar surface area (TPSA) is 29.3 Å². The maximum atomic E-state index is 5.84. The maximum absolute atomic E-state index is 5.84. The molecule has 2 N–H and O–H groups in total. The van der Waals surface area contributed by atoms with Crippen molar-refractivity contribution in [3.63, 3.8) is 0 Å². The third-order valence-electron chi connectivity index (χ3n) is 2.56. The molecule has 1 aliphatic heterocycles. The zero-order valence-corrected chi connectivity index (χ0v) is 9.04. The number of hydrogen-bond acceptors (Lipinski definition) is 2. The molecule has 0 radical (unpaired) electrons. The number of nitrogens with zero attached hydrogens (tertiary/aromatic N) is 1. The van der Waals surface area contributed by atoms with Crippen molar-refractivity contribution >= 4 is 12.4 Å². The highest BCUT2D eigenvalue weighted by molar-refractivity contribution is 5.85. The number of benzene rings is 1. The molecule has 1 unspecified atom stereocenters. The fourth-order valence-electron chi connectivity index (χ4n) is 1.85. The second-order valence-corrected chi connectivity index (χ2v) is 3.77. The van der Waals surface area contributed by atoms with Crippen LogP contribution in [0.4, 0.5) is 0 Å². The van der Waals surface area contributed by atoms with Crippen LogP contribution in [0.1, 0.15) is 12.0 Å². The minimum atomic E-state index is 0. The fourth-order valence-corrected chi connectivity index (χ4v) is 1.85. The number of nitrogens with two attached hydrogens (primary N) is 1. The van der Waals surface area contributed by atoms with Crippen molar-refractivity contribution < 1.29 is 0 Å². The van der Waals surface area contributed by atoms with E-state index in [1.807, 2.05) is 0 Å². The molecule has 1 aromatic rings. The summed E-state index contributed by atoms with van der Waals surface area (Å²) in [6.45, 7) is 3.25. The van der Waals surface area contributed by atoms with E-state index in [-0.39, 0.29) is 12.4 Å². The largest absolute Gasteiger partial charge is 0.326 e. The predicted octanol–water partition coefficient (Wildman–Crippen LogP) is 1.64. The summed E-state index contributed by atoms with van der Waals surface area (Å²) in [5.74, 6) is 0. The first kappa shape index (κ1) is 11.5. The van der Waals surface area contributed by atoms with Gasteiger partial charge in [-0.25, -0.2) is 0 Å². The van der Waals surface area contributed by atoms with Gasteiger partial charge in [0.15, 0.2) is 0 Å². The summed E-state index contributed by atoms with van der Waals surface area (Å²) in [6.07, 6.45) is 1.15. The zero-order chi connectivity index (χ0) is 9.10. The Morgan fingerprint density at radius 2 is 2.00 bits per heavy atom. The smallest absolute Gasteiger partial charge is 0.0234 e. The summed E-state index contributed by atoms with van der Waals surface area (Å²) in [6, 6.07) is 11.0. The molecule has 0 aliphatic carbocycles. The molecule has 0 amide bonds. The summed E-state index contributed by atoms with van der Waals surface area (Å²) < 4.78 is 0. The molecule has 1 saturated heterocycles. The van der Waals surface area contributed by atoms with Crippen molar-refractivity contribution in [1.82, 2.24) is 4.90 Å². The molecule has 1 fully saturated rings. The lowest BCUT2D eigenvalue weighted by Gasteiger charge is -2.14. The summed E-state index contributed by atoms with van der Waals surface area (Å²) in [5, 5.41) is 0. The van der Waals surface area contributed by atoms with Gasteiger partial charge in [-0.1, -0.05) is 30.3 Å². The minimum Gasteiger partial charge on any atom is -0.326 e. The average molecular weight is 213 g/mol. The van der Waals surface area contributed by atoms with Crippen LogP contribution in [-0.4, -0.2) is 24.0 Å². The van der Waals surface area contributed by atoms with E-state index < -0.39 is 0 Å². The Kier molecular flexibility index (Phi) is 4.39. The molecule has 2 rings (SSSR count). The first-order valence-electron chi connectivity index (χ1n) is 4.86. The van der Waals surface area contributed by atoms with Crippen LogP contribution in [0.25, 0.3) is 0 Å². The van der Waals surface area contributed by atoms with Gasteiger partial charge >= 0.3 is 0 Å². The Labute approximate surface area is 91.5 Å². The van der Waals surface area contributed by atoms with Gasteiger partial charge in [0.2, 0.25) is 0 Å². The standard InChI is InChI=1S/C11H16N2.ClH/c12-11-6-7-13(9-11)8-10-4-2-1-3-5-10;/h1-5,11H,6-9,12H2;1H. The monoisotopic (exact) mass is 212 g/mol. The van der Waals surface area contributed by atoms with Gasteiger partial charge in [-0.05, 0) is 12.0 Å². The Balaban J connectivity index is 0.000000980. The molecule has 1 heterocycles. The van der Waals surface area contributed by atoms with Gasteiger partial charge < -0.3 is 5.73 Å². The highest BCUT2D eigenvalue weighted by Crippen LogP contribution is 2.11. The third kappa shape index (κ3) is 2.98. The van der Waals surface area contributed by atoms with Gasteiger partial charge in [0.25, 0.3) is 0 Å². The van der Waals surface area contributed by atoms with E-state index in [0.717, 1.165) is 26.1 Å². The van der Waals surface area contributed by atoms with Crippen LogP contribution >= 0.6 is 12.4 Å². The van der Waals surface area contributed by atoms with Gasteiger partial charge in [0, 0.05) is 25.7 Å². The Morgan fingerprint density at radius 1 is 1.29 bits per heavy atom. The molecule has 1 aromatic carbocycles. The normalized spacial score (nSPS) is 21.9. The average Bonchev–Trinajstić information content (AvgIpc) is 2.53. The number of hydrogen-bond donors (Lipinski definition) is 1. The van der Waals surface area contributed by atoms with Crippen LogP contribution in [-0.2, 0) is 6.54 Å². The fraction of sp³-hybridized carbons (Fsp3) is 0.455. The van der Waals surface area contributed by atoms with Crippen LogP contribution in [0, 0.1) is 0 Å². The molecular formula is C11H17ClN2. The highest BCUT2D eigenvalue weighted by Gasteiger charge is 2.18. The third-order valence-corrected chi connectivity index (χ3v) is 2.56. The molecule has 0 spiro atoms. The van der Waals surface area contributed by atoms with Crippen molar-refractivity contribution in [2.24, 2.45) is 5.73 Å². The van der Waals surface area contributed by atoms with Gasteiger partial charge in [-0.2, -0.15) is 0 Å². The molecule has 0 bridgehead atoms. The van der Waals surface area contributed by atoms with E-state index in [1.54, 1.807) is 0 Å². The van der Waals surface area contributed by atoms with E-state index in [4.69, 9.17) is 5.73 Å². The van der Waals surface area contributed by atoms with Crippen molar-refractivity contribution in [3.8, 4) is 0 Å². The van der Waals surface area contributed by atoms with Crippen LogP contribution in [0.15, 0.2) is 30.3 Å². The number of halogens is 1. The predicted molar refractivity (Wildman–Crippen MR) is 61.6 cm³/mol. The van der Waals surface area contributed by atoms with Crippen molar-refractivity contribution in [1.29, 1.82) is 0 Å². The molecule has 1 aliphatic rings. The van der Waals surface area contributed by atoms with Crippen molar-refractivity contribution in [2.45, 2.75) is 19.0 Å². The van der Waals surface area contributed by atoms with E-state index in [1.165, 1.54) is 5.56 Å². The maximum Gasteiger partial charge on any atom is 0.0234 e. The van der Waals surface area contributed by atoms with Gasteiger partial charge in [0.1, 0.15) is 0 Å². The second-order valence-electron chi connectivity index (χ2n) is 3.77. The van der Waals surface area contributed by atoms with E-state index in [2.05, 4.69) is 35.2 Å². The van der Waals surface area contributed by atoms with E-state index >= 15 is 0 Å². The van der Waals surface area contributed by atoms with Crippen LogP contribution in [0.3, 0.4) is 0 Å². The summed E-state index contributed by atoms with van der Waals surface area (Å²) in [5.41, 5.74) is 7.22. The van der Waals surface area contributed by atoms with E-state index in [0.29, 0.717) is 6.04 Å². The molecule has 0 saturated carbocycles. The number of rotatable bonds is 2. The molecule has 14 heavy (non-hydrogen) atoms. The van der Waals surface area contributed by atoms with Crippen LogP contribution in [0.5, 0.6) is 0 Å². The molecule has 1 atom stereocenters. The molecule has 78 valence electrons. The number of likely N-dealkylation sites (tertiary alicyclic amines) is 1. The SMILES string of the molecule is Cl.NC1CCN(Cc2ccccc2)C1. The van der Waals surface area contributed by atoms with Crippen LogP contribution < -0.4 is 5.73 Å². The first-order valence-corrected chi connectivity index (χ1v) is 4.86. The van der Waals surface area contributed by atoms with Crippen molar-refractivity contribution in [3.05, 3.63) is 35.9 Å². The molecule has 0 aromatic heterocycles. The Hall–Kier alpha value is -0.570. The van der Waals surface area contributed by atoms with E-state index in [9.17, 15) is 0 Å². The second kappa shape index (κ2) is 5.35. The van der Waals surface area contributed by atoms with Gasteiger partial charge in [0.05, 0.1) is 0 Å². The zero-order valence-electron chi connectivity index (χ0n) is 8.23. The van der Waals surface area contributed by atoms with Gasteiger partial charge in [-0.15, -0.1) is 12.4 Å². The molecule has 3 heteroatoms. The lowest BCUT2D eigenvalue weighted by Crippen LogP contribution is -2.26. The molecular weight excluding hydrogens is 196 g/mol. The Morgan fingerprint density at radius 3 is 2.57 bits per heavy atom. The highest BCUT2D eigenvalue weighted by atomic mass is 35.5. The Bertz CT molecular complexity index is 263. The minimum absolute atomic E-state index is 0. The summed E-state index contributed by atoms with van der Waals surface area (Å²) in [7, 11) is 0. The summed E-state index contributed by atoms with van der Waals surface area (Å²) >= 11 is 0. The van der Waals surface area contributed by atoms with Gasteiger partial charge in [-0.3, -0.25) is 4.90 Å². The first-order chi connectivity index (χ1) is 6.34. The quantitative estimate of drug-likeness (QED) is 0.808. The van der Waals surface area contributed by atoms with Crippen LogP contribution in [0.2, 0.25) is 0 Å². The molecule has 2 nitrogen and oxygen atoms in total. The van der Waals surface area contributed by atoms with Crippen molar-refractivity contribution in [2.75, 3.05) is 13.1 Å². The lowest BCUT2D eigenvalue weighted by atomic mass is 10.2. The lowest BCUT2D eigenvalue weighted by molar-refractivity contribution is 0.327. The summed E-state index contributed by atoms with van der Waals surface area (Å²) in [4.78, 5) is 2.42.